The predicted octanol–water partition coefficient (Wildman–Crippen LogP) is 4.77. The molecular weight excluding hydrogens is 536 g/mol. The van der Waals surface area contributed by atoms with Crippen molar-refractivity contribution in [1.82, 2.24) is 20.0 Å². The van der Waals surface area contributed by atoms with Crippen LogP contribution in [0.15, 0.2) is 54.6 Å². The van der Waals surface area contributed by atoms with Crippen LogP contribution in [0.1, 0.15) is 42.9 Å². The molecule has 41 heavy (non-hydrogen) atoms. The van der Waals surface area contributed by atoms with Gasteiger partial charge >= 0.3 is 12.1 Å². The van der Waals surface area contributed by atoms with Gasteiger partial charge in [-0.05, 0) is 37.1 Å². The summed E-state index contributed by atoms with van der Waals surface area (Å²) in [6.07, 6.45) is 0.340. The standard InChI is InChI=1S/C24H29N4O3.C5H7F2NO2/c1-31-20-9-7-18(8-10-20)17-28-22(29)24(26-23(28)30)12-15-27(16-13-24)14-11-21(25)19-5-3-2-4-6-19;6-5(7)1-2-8(3-5)4(9)10/h2-10,21,25H,11-17H2,1H3,(H,26,30);1-3H2,(H,9,10)/q-1;/t21-;/m0./s1. The van der Waals surface area contributed by atoms with Crippen molar-refractivity contribution in [1.29, 1.82) is 0 Å². The molecule has 0 bridgehead atoms. The molecule has 3 heterocycles. The van der Waals surface area contributed by atoms with Crippen molar-refractivity contribution < 1.29 is 33.0 Å². The number of alkyl halides is 2. The number of methoxy groups -OCH3 is 1. The van der Waals surface area contributed by atoms with Crippen molar-refractivity contribution in [3.05, 3.63) is 71.5 Å². The molecule has 5 rings (SSSR count). The van der Waals surface area contributed by atoms with Gasteiger partial charge in [0.15, 0.2) is 0 Å². The zero-order chi connectivity index (χ0) is 29.6. The van der Waals surface area contributed by atoms with Gasteiger partial charge in [0.25, 0.3) is 11.8 Å². The number of hydrogen-bond acceptors (Lipinski definition) is 5. The number of carbonyl (C=O) groups is 3. The summed E-state index contributed by atoms with van der Waals surface area (Å²) in [6, 6.07) is 16.7. The third kappa shape index (κ3) is 7.50. The number of carbonyl (C=O) groups excluding carboxylic acids is 2. The molecule has 222 valence electrons. The molecule has 3 saturated heterocycles. The van der Waals surface area contributed by atoms with Crippen molar-refractivity contribution in [2.45, 2.75) is 49.7 Å². The van der Waals surface area contributed by atoms with Gasteiger partial charge in [0, 0.05) is 26.1 Å². The highest BCUT2D eigenvalue weighted by Gasteiger charge is 2.52. The normalized spacial score (nSPS) is 20.4. The molecule has 3 fully saturated rings. The average Bonchev–Trinajstić information content (AvgIpc) is 3.45. The number of hydrogen-bond donors (Lipinski definition) is 2. The van der Waals surface area contributed by atoms with E-state index in [2.05, 4.69) is 10.2 Å². The SMILES string of the molecule is COc1ccc(CN2C(=O)NC3(CCN(CC[C@H]([NH-])c4ccccc4)CC3)C2=O)cc1.O=C(O)N1CCC(F)(F)C1. The molecule has 0 aromatic heterocycles. The van der Waals surface area contributed by atoms with E-state index in [-0.39, 0.29) is 37.5 Å². The maximum atomic E-state index is 13.1. The Morgan fingerprint density at radius 3 is 2.24 bits per heavy atom. The minimum atomic E-state index is -2.81. The Labute approximate surface area is 238 Å². The highest BCUT2D eigenvalue weighted by molar-refractivity contribution is 6.07. The molecule has 0 aliphatic carbocycles. The molecule has 2 aromatic rings. The molecule has 2 aromatic carbocycles. The summed E-state index contributed by atoms with van der Waals surface area (Å²) in [6.45, 7) is 1.85. The van der Waals surface area contributed by atoms with Gasteiger partial charge in [0.2, 0.25) is 0 Å². The largest absolute Gasteiger partial charge is 0.671 e. The van der Waals surface area contributed by atoms with Crippen LogP contribution in [0.5, 0.6) is 5.75 Å². The number of halogens is 2. The number of amides is 4. The lowest BCUT2D eigenvalue weighted by Crippen LogP contribution is -2.55. The maximum absolute atomic E-state index is 13.1. The van der Waals surface area contributed by atoms with Crippen LogP contribution in [-0.4, -0.2) is 89.1 Å². The Kier molecular flexibility index (Phi) is 9.44. The molecule has 12 heteroatoms. The predicted molar refractivity (Wildman–Crippen MR) is 148 cm³/mol. The first-order chi connectivity index (χ1) is 19.5. The van der Waals surface area contributed by atoms with E-state index in [4.69, 9.17) is 15.6 Å². The summed E-state index contributed by atoms with van der Waals surface area (Å²) in [7, 11) is 1.61. The second-order valence-electron chi connectivity index (χ2n) is 10.7. The lowest BCUT2D eigenvalue weighted by molar-refractivity contribution is -0.133. The molecule has 3 aliphatic rings. The first-order valence-electron chi connectivity index (χ1n) is 13.6. The summed E-state index contributed by atoms with van der Waals surface area (Å²) in [5, 5.41) is 11.2. The minimum Gasteiger partial charge on any atom is -0.671 e. The van der Waals surface area contributed by atoms with Crippen LogP contribution >= 0.6 is 0 Å². The van der Waals surface area contributed by atoms with E-state index in [1.807, 2.05) is 54.6 Å². The van der Waals surface area contributed by atoms with E-state index in [0.29, 0.717) is 12.8 Å². The summed E-state index contributed by atoms with van der Waals surface area (Å²) < 4.78 is 29.7. The summed E-state index contributed by atoms with van der Waals surface area (Å²) in [5.74, 6) is -2.19. The van der Waals surface area contributed by atoms with E-state index < -0.39 is 24.1 Å². The van der Waals surface area contributed by atoms with Gasteiger partial charge in [-0.25, -0.2) is 18.4 Å². The fourth-order valence-corrected chi connectivity index (χ4v) is 5.29. The summed E-state index contributed by atoms with van der Waals surface area (Å²) in [5.41, 5.74) is 9.49. The number of benzene rings is 2. The molecule has 1 atom stereocenters. The van der Waals surface area contributed by atoms with E-state index in [9.17, 15) is 23.2 Å². The Balaban J connectivity index is 0.000000328. The van der Waals surface area contributed by atoms with Crippen LogP contribution in [0, 0.1) is 0 Å². The Hall–Kier alpha value is -3.77. The van der Waals surface area contributed by atoms with Crippen LogP contribution in [0.25, 0.3) is 5.73 Å². The molecule has 0 radical (unpaired) electrons. The third-order valence-electron chi connectivity index (χ3n) is 7.83. The Morgan fingerprint density at radius 1 is 1.05 bits per heavy atom. The number of ether oxygens (including phenoxy) is 1. The lowest BCUT2D eigenvalue weighted by Gasteiger charge is -2.38. The number of rotatable bonds is 7. The summed E-state index contributed by atoms with van der Waals surface area (Å²) in [4.78, 5) is 40.1. The Bertz CT molecular complexity index is 1210. The van der Waals surface area contributed by atoms with Gasteiger partial charge in [-0.1, -0.05) is 54.4 Å². The van der Waals surface area contributed by atoms with E-state index in [0.717, 1.165) is 47.8 Å². The van der Waals surface area contributed by atoms with Crippen LogP contribution in [0.2, 0.25) is 0 Å². The number of likely N-dealkylation sites (tertiary alicyclic amines) is 2. The molecule has 3 N–H and O–H groups in total. The van der Waals surface area contributed by atoms with E-state index in [1.54, 1.807) is 7.11 Å². The van der Waals surface area contributed by atoms with E-state index in [1.165, 1.54) is 4.90 Å². The van der Waals surface area contributed by atoms with Crippen LogP contribution in [0.4, 0.5) is 18.4 Å². The fraction of sp³-hybridized carbons (Fsp3) is 0.483. The van der Waals surface area contributed by atoms with Crippen LogP contribution < -0.4 is 10.1 Å². The fourth-order valence-electron chi connectivity index (χ4n) is 5.29. The molecule has 1 spiro atoms. The number of carboxylic acid groups (broad SMARTS) is 1. The second-order valence-corrected chi connectivity index (χ2v) is 10.7. The minimum absolute atomic E-state index is 0.0532. The molecular formula is C29H36F2N5O5-. The molecule has 3 aliphatic heterocycles. The molecule has 4 amide bonds. The molecule has 10 nitrogen and oxygen atoms in total. The maximum Gasteiger partial charge on any atom is 0.407 e. The highest BCUT2D eigenvalue weighted by atomic mass is 19.3. The van der Waals surface area contributed by atoms with Crippen molar-refractivity contribution in [3.63, 3.8) is 0 Å². The highest BCUT2D eigenvalue weighted by Crippen LogP contribution is 2.31. The average molecular weight is 573 g/mol. The monoisotopic (exact) mass is 572 g/mol. The number of imide groups is 1. The first-order valence-corrected chi connectivity index (χ1v) is 13.6. The molecule has 0 unspecified atom stereocenters. The van der Waals surface area contributed by atoms with Gasteiger partial charge in [-0.3, -0.25) is 9.69 Å². The van der Waals surface area contributed by atoms with Gasteiger partial charge in [-0.2, -0.15) is 0 Å². The zero-order valence-electron chi connectivity index (χ0n) is 23.0. The van der Waals surface area contributed by atoms with Gasteiger partial charge in [0.05, 0.1) is 20.2 Å². The Morgan fingerprint density at radius 2 is 1.71 bits per heavy atom. The number of nitrogens with one attached hydrogen (secondary N) is 2. The first kappa shape index (κ1) is 30.2. The van der Waals surface area contributed by atoms with Gasteiger partial charge in [0.1, 0.15) is 11.3 Å². The van der Waals surface area contributed by atoms with Crippen molar-refractivity contribution >= 4 is 18.0 Å². The quantitative estimate of drug-likeness (QED) is 0.461. The zero-order valence-corrected chi connectivity index (χ0v) is 23.0. The van der Waals surface area contributed by atoms with E-state index >= 15 is 0 Å². The van der Waals surface area contributed by atoms with Crippen LogP contribution in [-0.2, 0) is 11.3 Å². The lowest BCUT2D eigenvalue weighted by atomic mass is 9.87. The third-order valence-corrected chi connectivity index (χ3v) is 7.83. The smallest absolute Gasteiger partial charge is 0.407 e. The number of piperidine rings is 1. The number of urea groups is 1. The van der Waals surface area contributed by atoms with Crippen molar-refractivity contribution in [2.75, 3.05) is 39.8 Å². The van der Waals surface area contributed by atoms with Crippen LogP contribution in [0.3, 0.4) is 0 Å². The van der Waals surface area contributed by atoms with Gasteiger partial charge < -0.3 is 30.7 Å². The second kappa shape index (κ2) is 12.8. The van der Waals surface area contributed by atoms with Crippen molar-refractivity contribution in [2.24, 2.45) is 0 Å². The summed E-state index contributed by atoms with van der Waals surface area (Å²) >= 11 is 0. The molecule has 0 saturated carbocycles. The van der Waals surface area contributed by atoms with Crippen molar-refractivity contribution in [3.8, 4) is 5.75 Å². The van der Waals surface area contributed by atoms with Gasteiger partial charge in [-0.15, -0.1) is 6.04 Å². The number of nitrogens with zero attached hydrogens (tertiary/aromatic N) is 3. The topological polar surface area (TPSA) is 126 Å².